The van der Waals surface area contributed by atoms with E-state index >= 15 is 0 Å². The van der Waals surface area contributed by atoms with Crippen molar-refractivity contribution in [2.45, 2.75) is 58.5 Å². The number of aryl methyl sites for hydroxylation is 1. The van der Waals surface area contributed by atoms with Gasteiger partial charge in [0.15, 0.2) is 0 Å². The molecule has 2 aliphatic heterocycles. The molecule has 5 nitrogen and oxygen atoms in total. The number of carboxylic acid groups (broad SMARTS) is 1. The predicted octanol–water partition coefficient (Wildman–Crippen LogP) is 5.90. The Hall–Kier alpha value is -3.05. The molecule has 0 amide bonds. The molecular weight excluding hydrogens is 414 g/mol. The third-order valence-electron chi connectivity index (χ3n) is 6.11. The van der Waals surface area contributed by atoms with Crippen molar-refractivity contribution >= 4 is 22.4 Å². The van der Waals surface area contributed by atoms with Gasteiger partial charge in [-0.1, -0.05) is 30.3 Å². The van der Waals surface area contributed by atoms with E-state index in [1.54, 1.807) is 20.8 Å². The first-order valence-corrected chi connectivity index (χ1v) is 11.6. The van der Waals surface area contributed by atoms with Crippen molar-refractivity contribution in [1.29, 1.82) is 0 Å². The maximum Gasteiger partial charge on any atom is 0.307 e. The number of aliphatic carboxylic acids is 1. The van der Waals surface area contributed by atoms with E-state index in [-0.39, 0.29) is 6.42 Å². The van der Waals surface area contributed by atoms with E-state index < -0.39 is 11.6 Å². The fraction of sp³-hybridized carbons (Fsp3) is 0.393. The summed E-state index contributed by atoms with van der Waals surface area (Å²) in [5.74, 6) is 0.679. The quantitative estimate of drug-likeness (QED) is 0.466. The Morgan fingerprint density at radius 1 is 1.15 bits per heavy atom. The fourth-order valence-corrected chi connectivity index (χ4v) is 4.86. The summed E-state index contributed by atoms with van der Waals surface area (Å²) in [6, 6.07) is 14.5. The zero-order valence-corrected chi connectivity index (χ0v) is 19.9. The molecule has 33 heavy (non-hydrogen) atoms. The standard InChI is InChI=1S/C24H23NO3.C4H10O/c1-14-12-16-4-2-3-5-17(16)23(19(14)13-21(26)27)18-6-7-20-22-15(9-11-28-20)8-10-25-24(18)22;1-4(2,3)5/h2-7,12,15,25H,8-11,13H2,1H3,(H,26,27);5H,1-3H3. The van der Waals surface area contributed by atoms with Crippen molar-refractivity contribution in [3.63, 3.8) is 0 Å². The van der Waals surface area contributed by atoms with Gasteiger partial charge in [0.1, 0.15) is 5.75 Å². The first-order chi connectivity index (χ1) is 15.6. The maximum atomic E-state index is 11.7. The van der Waals surface area contributed by atoms with Crippen LogP contribution in [0.1, 0.15) is 56.2 Å². The van der Waals surface area contributed by atoms with Gasteiger partial charge in [0.05, 0.1) is 18.6 Å². The lowest BCUT2D eigenvalue weighted by Crippen LogP contribution is -2.24. The molecule has 1 unspecified atom stereocenters. The van der Waals surface area contributed by atoms with Crippen LogP contribution in [0.3, 0.4) is 0 Å². The number of fused-ring (bicyclic) bond motifs is 1. The van der Waals surface area contributed by atoms with E-state index in [1.807, 2.05) is 19.1 Å². The van der Waals surface area contributed by atoms with Gasteiger partial charge < -0.3 is 20.3 Å². The summed E-state index contributed by atoms with van der Waals surface area (Å²) in [7, 11) is 0. The number of rotatable bonds is 3. The SMILES string of the molecule is CC(C)(C)O.Cc1cc2ccccc2c(-c2ccc3c4c2NCCC4CCO3)c1CC(=O)O. The molecule has 5 rings (SSSR count). The summed E-state index contributed by atoms with van der Waals surface area (Å²) in [6.45, 7) is 8.95. The molecule has 0 fully saturated rings. The highest BCUT2D eigenvalue weighted by molar-refractivity contribution is 6.03. The topological polar surface area (TPSA) is 78.8 Å². The molecule has 2 aliphatic rings. The van der Waals surface area contributed by atoms with E-state index in [4.69, 9.17) is 9.84 Å². The van der Waals surface area contributed by atoms with Crippen molar-refractivity contribution in [2.24, 2.45) is 0 Å². The highest BCUT2D eigenvalue weighted by Crippen LogP contribution is 2.49. The summed E-state index contributed by atoms with van der Waals surface area (Å²) in [5, 5.41) is 23.9. The minimum Gasteiger partial charge on any atom is -0.493 e. The van der Waals surface area contributed by atoms with Crippen LogP contribution >= 0.6 is 0 Å². The molecule has 0 saturated heterocycles. The second-order valence-electron chi connectivity index (χ2n) is 9.96. The number of hydrogen-bond acceptors (Lipinski definition) is 4. The van der Waals surface area contributed by atoms with E-state index in [1.165, 1.54) is 5.56 Å². The minimum atomic E-state index is -0.805. The number of aliphatic hydroxyl groups is 1. The molecule has 2 heterocycles. The van der Waals surface area contributed by atoms with Gasteiger partial charge in [0.25, 0.3) is 0 Å². The summed E-state index contributed by atoms with van der Waals surface area (Å²) in [5.41, 5.74) is 5.92. The Morgan fingerprint density at radius 3 is 2.61 bits per heavy atom. The number of nitrogens with one attached hydrogen (secondary N) is 1. The number of benzene rings is 3. The Kier molecular flexibility index (Phi) is 6.35. The summed E-state index contributed by atoms with van der Waals surface area (Å²) in [4.78, 5) is 11.7. The molecule has 0 spiro atoms. The highest BCUT2D eigenvalue weighted by Gasteiger charge is 2.30. The molecule has 3 N–H and O–H groups in total. The van der Waals surface area contributed by atoms with Gasteiger partial charge in [-0.3, -0.25) is 4.79 Å². The van der Waals surface area contributed by atoms with Crippen LogP contribution < -0.4 is 10.1 Å². The molecule has 0 aliphatic carbocycles. The van der Waals surface area contributed by atoms with Crippen LogP contribution in [-0.2, 0) is 11.2 Å². The Morgan fingerprint density at radius 2 is 1.88 bits per heavy atom. The molecule has 3 aromatic rings. The number of hydrogen-bond donors (Lipinski definition) is 3. The van der Waals surface area contributed by atoms with Crippen LogP contribution in [0.2, 0.25) is 0 Å². The Balaban J connectivity index is 0.000000471. The molecule has 0 bridgehead atoms. The summed E-state index contributed by atoms with van der Waals surface area (Å²) in [6.07, 6.45) is 2.17. The lowest BCUT2D eigenvalue weighted by atomic mass is 9.81. The Bertz CT molecular complexity index is 1180. The van der Waals surface area contributed by atoms with E-state index in [2.05, 4.69) is 35.6 Å². The number of carbonyl (C=O) groups is 1. The van der Waals surface area contributed by atoms with Crippen LogP contribution in [0.4, 0.5) is 5.69 Å². The number of ether oxygens (including phenoxy) is 1. The molecule has 1 atom stereocenters. The summed E-state index contributed by atoms with van der Waals surface area (Å²) < 4.78 is 5.93. The van der Waals surface area contributed by atoms with Gasteiger partial charge in [0.2, 0.25) is 0 Å². The minimum absolute atomic E-state index is 0.0163. The van der Waals surface area contributed by atoms with Crippen molar-refractivity contribution in [3.8, 4) is 16.9 Å². The monoisotopic (exact) mass is 447 g/mol. The normalized spacial score (nSPS) is 16.7. The predicted molar refractivity (Wildman–Crippen MR) is 133 cm³/mol. The number of carboxylic acids is 1. The van der Waals surface area contributed by atoms with Crippen LogP contribution in [0, 0.1) is 6.92 Å². The van der Waals surface area contributed by atoms with Gasteiger partial charge in [0, 0.05) is 23.4 Å². The maximum absolute atomic E-state index is 11.7. The largest absolute Gasteiger partial charge is 0.493 e. The van der Waals surface area contributed by atoms with Gasteiger partial charge >= 0.3 is 5.97 Å². The zero-order valence-electron chi connectivity index (χ0n) is 19.9. The first kappa shape index (κ1) is 23.1. The average molecular weight is 448 g/mol. The Labute approximate surface area is 195 Å². The zero-order chi connectivity index (χ0) is 23.8. The smallest absolute Gasteiger partial charge is 0.307 e. The van der Waals surface area contributed by atoms with E-state index in [9.17, 15) is 9.90 Å². The molecule has 174 valence electrons. The van der Waals surface area contributed by atoms with Crippen molar-refractivity contribution in [2.75, 3.05) is 18.5 Å². The van der Waals surface area contributed by atoms with Crippen molar-refractivity contribution in [3.05, 3.63) is 59.2 Å². The van der Waals surface area contributed by atoms with Gasteiger partial charge in [-0.05, 0) is 86.1 Å². The molecule has 0 aromatic heterocycles. The second kappa shape index (κ2) is 9.06. The summed E-state index contributed by atoms with van der Waals surface area (Å²) >= 11 is 0. The molecule has 3 aromatic carbocycles. The van der Waals surface area contributed by atoms with Crippen molar-refractivity contribution < 1.29 is 19.7 Å². The molecule has 0 radical (unpaired) electrons. The molecule has 0 saturated carbocycles. The lowest BCUT2D eigenvalue weighted by Gasteiger charge is -2.34. The first-order valence-electron chi connectivity index (χ1n) is 11.6. The fourth-order valence-electron chi connectivity index (χ4n) is 4.86. The van der Waals surface area contributed by atoms with Crippen LogP contribution in [0.5, 0.6) is 5.75 Å². The van der Waals surface area contributed by atoms with E-state index in [0.717, 1.165) is 70.5 Å². The third kappa shape index (κ3) is 4.98. The van der Waals surface area contributed by atoms with Gasteiger partial charge in [-0.25, -0.2) is 0 Å². The molecule has 5 heteroatoms. The lowest BCUT2D eigenvalue weighted by molar-refractivity contribution is -0.136. The van der Waals surface area contributed by atoms with E-state index in [0.29, 0.717) is 5.92 Å². The second-order valence-corrected chi connectivity index (χ2v) is 9.96. The van der Waals surface area contributed by atoms with Crippen LogP contribution in [0.25, 0.3) is 21.9 Å². The average Bonchev–Trinajstić information content (AvgIpc) is 2.74. The van der Waals surface area contributed by atoms with Crippen LogP contribution in [0.15, 0.2) is 42.5 Å². The van der Waals surface area contributed by atoms with Crippen LogP contribution in [-0.4, -0.2) is 34.9 Å². The molecular formula is C28H33NO4. The van der Waals surface area contributed by atoms with Crippen molar-refractivity contribution in [1.82, 2.24) is 0 Å². The third-order valence-corrected chi connectivity index (χ3v) is 6.11. The van der Waals surface area contributed by atoms with Gasteiger partial charge in [-0.2, -0.15) is 0 Å². The number of anilines is 1. The highest BCUT2D eigenvalue weighted by atomic mass is 16.5. The van der Waals surface area contributed by atoms with Gasteiger partial charge in [-0.15, -0.1) is 0 Å².